The number of benzene rings is 1. The van der Waals surface area contributed by atoms with E-state index in [1.54, 1.807) is 12.1 Å². The summed E-state index contributed by atoms with van der Waals surface area (Å²) in [5, 5.41) is 0.754. The van der Waals surface area contributed by atoms with E-state index in [0.717, 1.165) is 4.47 Å². The lowest BCUT2D eigenvalue weighted by Crippen LogP contribution is -1.92. The van der Waals surface area contributed by atoms with Crippen LogP contribution in [0.1, 0.15) is 0 Å². The monoisotopic (exact) mass is 396 g/mol. The second kappa shape index (κ2) is 5.52. The van der Waals surface area contributed by atoms with Crippen LogP contribution in [0.2, 0.25) is 10.2 Å². The van der Waals surface area contributed by atoms with Crippen molar-refractivity contribution in [3.8, 4) is 11.6 Å². The summed E-state index contributed by atoms with van der Waals surface area (Å²) >= 11 is 18.4. The number of hydrogen-bond donors (Lipinski definition) is 0. The zero-order valence-corrected chi connectivity index (χ0v) is 12.8. The minimum Gasteiger partial charge on any atom is -0.436 e. The van der Waals surface area contributed by atoms with E-state index in [1.807, 2.05) is 6.07 Å². The Kier molecular flexibility index (Phi) is 4.25. The van der Waals surface area contributed by atoms with Crippen molar-refractivity contribution in [2.75, 3.05) is 0 Å². The van der Waals surface area contributed by atoms with Gasteiger partial charge in [-0.3, -0.25) is 0 Å². The van der Waals surface area contributed by atoms with Gasteiger partial charge in [-0.05, 0) is 34.1 Å². The molecule has 0 bridgehead atoms. The van der Waals surface area contributed by atoms with Crippen LogP contribution in [-0.2, 0) is 0 Å². The van der Waals surface area contributed by atoms with Gasteiger partial charge in [-0.25, -0.2) is 9.97 Å². The average molecular weight is 399 g/mol. The normalized spacial score (nSPS) is 10.4. The maximum Gasteiger partial charge on any atom is 0.238 e. The second-order valence-electron chi connectivity index (χ2n) is 2.96. The zero-order chi connectivity index (χ0) is 12.4. The first kappa shape index (κ1) is 13.1. The van der Waals surface area contributed by atoms with Crippen LogP contribution in [0.3, 0.4) is 0 Å². The molecular formula is C10H4Br2Cl2N2O. The van der Waals surface area contributed by atoms with Gasteiger partial charge in [0.25, 0.3) is 0 Å². The molecular weight excluding hydrogens is 395 g/mol. The molecule has 7 heteroatoms. The summed E-state index contributed by atoms with van der Waals surface area (Å²) in [7, 11) is 0. The fraction of sp³-hybridized carbons (Fsp3) is 0. The predicted molar refractivity (Wildman–Crippen MR) is 74.0 cm³/mol. The molecule has 1 heterocycles. The van der Waals surface area contributed by atoms with Crippen molar-refractivity contribution in [2.24, 2.45) is 0 Å². The van der Waals surface area contributed by atoms with Crippen molar-refractivity contribution in [2.45, 2.75) is 0 Å². The Balaban J connectivity index is 2.35. The molecule has 0 unspecified atom stereocenters. The molecule has 0 aliphatic heterocycles. The summed E-state index contributed by atoms with van der Waals surface area (Å²) in [5.74, 6) is 0.805. The van der Waals surface area contributed by atoms with Crippen LogP contribution in [0, 0.1) is 0 Å². The quantitative estimate of drug-likeness (QED) is 0.660. The summed E-state index contributed by atoms with van der Waals surface area (Å²) in [5.41, 5.74) is 0. The molecule has 2 rings (SSSR count). The number of aromatic nitrogens is 2. The molecule has 0 spiro atoms. The molecule has 0 fully saturated rings. The average Bonchev–Trinajstić information content (AvgIpc) is 2.28. The molecule has 3 nitrogen and oxygen atoms in total. The van der Waals surface area contributed by atoms with E-state index < -0.39 is 0 Å². The molecule has 0 radical (unpaired) electrons. The largest absolute Gasteiger partial charge is 0.436 e. The van der Waals surface area contributed by atoms with E-state index in [4.69, 9.17) is 27.9 Å². The summed E-state index contributed by atoms with van der Waals surface area (Å²) in [6.45, 7) is 0. The van der Waals surface area contributed by atoms with Crippen LogP contribution in [0.5, 0.6) is 11.6 Å². The SMILES string of the molecule is Clc1cc(Br)ccc1Oc1ncnc(Cl)c1Br. The molecule has 1 aromatic heterocycles. The Morgan fingerprint density at radius 3 is 2.59 bits per heavy atom. The van der Waals surface area contributed by atoms with Crippen molar-refractivity contribution in [3.05, 3.63) is 43.6 Å². The van der Waals surface area contributed by atoms with Crippen LogP contribution in [0.15, 0.2) is 33.5 Å². The Hall–Kier alpha value is -0.360. The van der Waals surface area contributed by atoms with Gasteiger partial charge < -0.3 is 4.74 Å². The molecule has 2 aromatic rings. The molecule has 0 aliphatic rings. The van der Waals surface area contributed by atoms with Gasteiger partial charge in [-0.2, -0.15) is 0 Å². The van der Waals surface area contributed by atoms with E-state index in [-0.39, 0.29) is 5.15 Å². The highest BCUT2D eigenvalue weighted by Crippen LogP contribution is 2.35. The van der Waals surface area contributed by atoms with Crippen molar-refractivity contribution < 1.29 is 4.74 Å². The first-order valence-corrected chi connectivity index (χ1v) is 6.71. The topological polar surface area (TPSA) is 35.0 Å². The number of halogens is 4. The van der Waals surface area contributed by atoms with Crippen LogP contribution >= 0.6 is 55.1 Å². The third-order valence-electron chi connectivity index (χ3n) is 1.82. The van der Waals surface area contributed by atoms with Gasteiger partial charge in [-0.15, -0.1) is 0 Å². The van der Waals surface area contributed by atoms with Gasteiger partial charge in [-0.1, -0.05) is 39.1 Å². The molecule has 0 N–H and O–H groups in total. The third-order valence-corrected chi connectivity index (χ3v) is 3.83. The van der Waals surface area contributed by atoms with E-state index in [9.17, 15) is 0 Å². The number of hydrogen-bond acceptors (Lipinski definition) is 3. The van der Waals surface area contributed by atoms with Gasteiger partial charge in [0.1, 0.15) is 16.5 Å². The minimum atomic E-state index is 0.281. The molecule has 17 heavy (non-hydrogen) atoms. The second-order valence-corrected chi connectivity index (χ2v) is 5.43. The lowest BCUT2D eigenvalue weighted by Gasteiger charge is -2.08. The molecule has 0 saturated heterocycles. The van der Waals surface area contributed by atoms with Gasteiger partial charge in [0, 0.05) is 4.47 Å². The highest BCUT2D eigenvalue weighted by atomic mass is 79.9. The molecule has 0 aliphatic carbocycles. The van der Waals surface area contributed by atoms with Gasteiger partial charge >= 0.3 is 0 Å². The van der Waals surface area contributed by atoms with Crippen molar-refractivity contribution in [3.63, 3.8) is 0 Å². The smallest absolute Gasteiger partial charge is 0.238 e. The Labute approximate surface area is 124 Å². The minimum absolute atomic E-state index is 0.281. The number of nitrogens with zero attached hydrogens (tertiary/aromatic N) is 2. The standard InChI is InChI=1S/C10H4Br2Cl2N2O/c11-5-1-2-7(6(13)3-5)17-10-8(12)9(14)15-4-16-10/h1-4H. The molecule has 0 amide bonds. The Morgan fingerprint density at radius 2 is 1.88 bits per heavy atom. The summed E-state index contributed by atoms with van der Waals surface area (Å²) < 4.78 is 6.90. The van der Waals surface area contributed by atoms with Gasteiger partial charge in [0.15, 0.2) is 5.15 Å². The van der Waals surface area contributed by atoms with Crippen molar-refractivity contribution in [1.29, 1.82) is 0 Å². The summed E-state index contributed by atoms with van der Waals surface area (Å²) in [4.78, 5) is 7.77. The van der Waals surface area contributed by atoms with Crippen LogP contribution in [0.25, 0.3) is 0 Å². The van der Waals surface area contributed by atoms with Crippen molar-refractivity contribution in [1.82, 2.24) is 9.97 Å². The molecule has 1 aromatic carbocycles. The predicted octanol–water partition coefficient (Wildman–Crippen LogP) is 5.10. The van der Waals surface area contributed by atoms with E-state index >= 15 is 0 Å². The van der Waals surface area contributed by atoms with Crippen LogP contribution < -0.4 is 4.74 Å². The molecule has 0 atom stereocenters. The summed E-state index contributed by atoms with van der Waals surface area (Å²) in [6.07, 6.45) is 1.31. The number of rotatable bonds is 2. The highest BCUT2D eigenvalue weighted by Gasteiger charge is 2.11. The lowest BCUT2D eigenvalue weighted by atomic mass is 10.3. The maximum atomic E-state index is 6.02. The van der Waals surface area contributed by atoms with E-state index in [0.29, 0.717) is 21.1 Å². The fourth-order valence-electron chi connectivity index (χ4n) is 1.07. The maximum absolute atomic E-state index is 6.02. The van der Waals surface area contributed by atoms with Crippen LogP contribution in [0.4, 0.5) is 0 Å². The van der Waals surface area contributed by atoms with Gasteiger partial charge in [0.2, 0.25) is 5.88 Å². The van der Waals surface area contributed by atoms with E-state index in [2.05, 4.69) is 41.8 Å². The third kappa shape index (κ3) is 3.10. The number of ether oxygens (including phenoxy) is 1. The lowest BCUT2D eigenvalue weighted by molar-refractivity contribution is 0.458. The first-order chi connectivity index (χ1) is 8.08. The summed E-state index contributed by atoms with van der Waals surface area (Å²) in [6, 6.07) is 5.28. The van der Waals surface area contributed by atoms with Crippen molar-refractivity contribution >= 4 is 55.1 Å². The molecule has 88 valence electrons. The first-order valence-electron chi connectivity index (χ1n) is 4.37. The highest BCUT2D eigenvalue weighted by molar-refractivity contribution is 9.10. The Bertz CT molecular complexity index is 566. The fourth-order valence-corrected chi connectivity index (χ4v) is 2.19. The van der Waals surface area contributed by atoms with E-state index in [1.165, 1.54) is 6.33 Å². The Morgan fingerprint density at radius 1 is 1.12 bits per heavy atom. The zero-order valence-electron chi connectivity index (χ0n) is 8.12. The molecule has 0 saturated carbocycles. The van der Waals surface area contributed by atoms with Crippen LogP contribution in [-0.4, -0.2) is 9.97 Å². The van der Waals surface area contributed by atoms with Gasteiger partial charge in [0.05, 0.1) is 5.02 Å².